The molecule has 7 nitrogen and oxygen atoms in total. The standard InChI is InChI=1S/C20H28N4O3/c1-22(14-15-23-10-3-2-4-11-23)19(26)24-12-7-20(8-13-24)16-6-5-9-21-17(16)18(25)27-20/h5-6,9H,2-4,7-8,10-15H2,1H3. The Hall–Kier alpha value is -2.15. The molecule has 0 saturated carbocycles. The van der Waals surface area contributed by atoms with Gasteiger partial charge in [-0.25, -0.2) is 14.6 Å². The van der Waals surface area contributed by atoms with E-state index in [9.17, 15) is 9.59 Å². The third-order valence-corrected chi connectivity index (χ3v) is 6.15. The molecule has 7 heteroatoms. The van der Waals surface area contributed by atoms with Crippen LogP contribution in [-0.4, -0.2) is 78.0 Å². The molecule has 0 N–H and O–H groups in total. The van der Waals surface area contributed by atoms with Gasteiger partial charge in [-0.2, -0.15) is 0 Å². The number of ether oxygens (including phenoxy) is 1. The van der Waals surface area contributed by atoms with E-state index in [1.54, 1.807) is 6.20 Å². The maximum atomic E-state index is 12.8. The lowest BCUT2D eigenvalue weighted by Gasteiger charge is -2.40. The van der Waals surface area contributed by atoms with Gasteiger partial charge in [0.2, 0.25) is 0 Å². The molecule has 1 aromatic heterocycles. The predicted molar refractivity (Wildman–Crippen MR) is 100 cm³/mol. The molecular weight excluding hydrogens is 344 g/mol. The molecule has 3 aliphatic rings. The van der Waals surface area contributed by atoms with Crippen molar-refractivity contribution in [3.8, 4) is 0 Å². The summed E-state index contributed by atoms with van der Waals surface area (Å²) in [6.45, 7) is 5.17. The molecule has 3 aliphatic heterocycles. The molecule has 0 atom stereocenters. The van der Waals surface area contributed by atoms with Crippen LogP contribution in [0.15, 0.2) is 18.3 Å². The number of piperidine rings is 2. The molecule has 1 spiro atoms. The van der Waals surface area contributed by atoms with Gasteiger partial charge in [0.05, 0.1) is 0 Å². The molecule has 4 rings (SSSR count). The van der Waals surface area contributed by atoms with Crippen molar-refractivity contribution < 1.29 is 14.3 Å². The van der Waals surface area contributed by atoms with Gasteiger partial charge in [0.15, 0.2) is 5.69 Å². The summed E-state index contributed by atoms with van der Waals surface area (Å²) in [5.74, 6) is -0.343. The molecule has 146 valence electrons. The molecule has 2 amide bonds. The fourth-order valence-electron chi connectivity index (χ4n) is 4.46. The van der Waals surface area contributed by atoms with Crippen LogP contribution in [0.2, 0.25) is 0 Å². The predicted octanol–water partition coefficient (Wildman–Crippen LogP) is 2.08. The SMILES string of the molecule is CN(CCN1CCCCC1)C(=O)N1CCC2(CC1)OC(=O)c1ncccc12. The lowest BCUT2D eigenvalue weighted by atomic mass is 9.85. The molecule has 2 saturated heterocycles. The zero-order valence-electron chi connectivity index (χ0n) is 16.0. The Morgan fingerprint density at radius 2 is 1.96 bits per heavy atom. The monoisotopic (exact) mass is 372 g/mol. The van der Waals surface area contributed by atoms with Crippen molar-refractivity contribution in [1.29, 1.82) is 0 Å². The van der Waals surface area contributed by atoms with E-state index < -0.39 is 5.60 Å². The lowest BCUT2D eigenvalue weighted by molar-refractivity contribution is -0.0384. The first kappa shape index (κ1) is 18.2. The van der Waals surface area contributed by atoms with E-state index >= 15 is 0 Å². The van der Waals surface area contributed by atoms with Gasteiger partial charge in [-0.05, 0) is 32.0 Å². The average Bonchev–Trinajstić information content (AvgIpc) is 2.99. The number of hydrogen-bond donors (Lipinski definition) is 0. The Morgan fingerprint density at radius 1 is 1.22 bits per heavy atom. The van der Waals surface area contributed by atoms with E-state index in [1.165, 1.54) is 19.3 Å². The second kappa shape index (κ2) is 7.46. The minimum Gasteiger partial charge on any atom is -0.449 e. The van der Waals surface area contributed by atoms with Crippen molar-refractivity contribution >= 4 is 12.0 Å². The number of urea groups is 1. The highest BCUT2D eigenvalue weighted by atomic mass is 16.6. The third-order valence-electron chi connectivity index (χ3n) is 6.15. The smallest absolute Gasteiger partial charge is 0.358 e. The number of amides is 2. The Balaban J connectivity index is 1.32. The Labute approximate surface area is 160 Å². The minimum absolute atomic E-state index is 0.0672. The summed E-state index contributed by atoms with van der Waals surface area (Å²) < 4.78 is 5.72. The van der Waals surface area contributed by atoms with Gasteiger partial charge in [-0.15, -0.1) is 0 Å². The second-order valence-corrected chi connectivity index (χ2v) is 7.88. The number of aromatic nitrogens is 1. The van der Waals surface area contributed by atoms with Crippen molar-refractivity contribution in [1.82, 2.24) is 19.7 Å². The topological polar surface area (TPSA) is 66.0 Å². The summed E-state index contributed by atoms with van der Waals surface area (Å²) in [4.78, 5) is 35.2. The number of fused-ring (bicyclic) bond motifs is 2. The number of likely N-dealkylation sites (N-methyl/N-ethyl adjacent to an activating group) is 1. The first-order valence-electron chi connectivity index (χ1n) is 10.0. The van der Waals surface area contributed by atoms with Crippen molar-refractivity contribution in [2.75, 3.05) is 46.3 Å². The van der Waals surface area contributed by atoms with Crippen LogP contribution in [0.4, 0.5) is 4.79 Å². The van der Waals surface area contributed by atoms with Crippen LogP contribution in [-0.2, 0) is 10.3 Å². The maximum Gasteiger partial charge on any atom is 0.358 e. The molecule has 0 radical (unpaired) electrons. The number of carbonyl (C=O) groups is 2. The number of esters is 1. The summed E-state index contributed by atoms with van der Waals surface area (Å²) in [5, 5.41) is 0. The van der Waals surface area contributed by atoms with Gasteiger partial charge in [0.1, 0.15) is 5.60 Å². The van der Waals surface area contributed by atoms with Gasteiger partial charge in [0.25, 0.3) is 0 Å². The first-order chi connectivity index (χ1) is 13.1. The van der Waals surface area contributed by atoms with Crippen LogP contribution >= 0.6 is 0 Å². The highest BCUT2D eigenvalue weighted by molar-refractivity contribution is 5.92. The molecule has 0 aliphatic carbocycles. The number of nitrogens with zero attached hydrogens (tertiary/aromatic N) is 4. The van der Waals surface area contributed by atoms with Crippen LogP contribution in [0.5, 0.6) is 0 Å². The van der Waals surface area contributed by atoms with Crippen molar-refractivity contribution in [3.63, 3.8) is 0 Å². The zero-order valence-corrected chi connectivity index (χ0v) is 16.0. The van der Waals surface area contributed by atoms with Crippen molar-refractivity contribution in [2.45, 2.75) is 37.7 Å². The van der Waals surface area contributed by atoms with E-state index in [2.05, 4.69) is 9.88 Å². The van der Waals surface area contributed by atoms with E-state index in [1.807, 2.05) is 29.0 Å². The quantitative estimate of drug-likeness (QED) is 0.760. The summed E-state index contributed by atoms with van der Waals surface area (Å²) >= 11 is 0. The molecule has 2 fully saturated rings. The van der Waals surface area contributed by atoms with Crippen molar-refractivity contribution in [2.24, 2.45) is 0 Å². The van der Waals surface area contributed by atoms with Gasteiger partial charge in [-0.3, -0.25) is 0 Å². The normalized spacial score (nSPS) is 21.8. The number of likely N-dealkylation sites (tertiary alicyclic amines) is 2. The largest absolute Gasteiger partial charge is 0.449 e. The summed E-state index contributed by atoms with van der Waals surface area (Å²) in [6.07, 6.45) is 6.73. The van der Waals surface area contributed by atoms with E-state index in [0.717, 1.165) is 31.7 Å². The molecular formula is C20H28N4O3. The number of rotatable bonds is 3. The number of hydrogen-bond acceptors (Lipinski definition) is 5. The lowest BCUT2D eigenvalue weighted by Crippen LogP contribution is -2.50. The van der Waals surface area contributed by atoms with Crippen LogP contribution in [0, 0.1) is 0 Å². The fraction of sp³-hybridized carbons (Fsp3) is 0.650. The van der Waals surface area contributed by atoms with E-state index in [4.69, 9.17) is 4.74 Å². The molecule has 1 aromatic rings. The molecule has 0 aromatic carbocycles. The summed E-state index contributed by atoms with van der Waals surface area (Å²) in [5.41, 5.74) is 0.695. The van der Waals surface area contributed by atoms with Gasteiger partial charge in [0, 0.05) is 57.8 Å². The molecule has 0 bridgehead atoms. The Kier molecular flexibility index (Phi) is 5.04. The van der Waals surface area contributed by atoms with Gasteiger partial charge < -0.3 is 19.4 Å². The Morgan fingerprint density at radius 3 is 2.70 bits per heavy atom. The van der Waals surface area contributed by atoms with E-state index in [0.29, 0.717) is 31.6 Å². The number of carbonyl (C=O) groups excluding carboxylic acids is 2. The summed E-state index contributed by atoms with van der Waals surface area (Å²) in [7, 11) is 1.88. The molecule has 4 heterocycles. The fourth-order valence-corrected chi connectivity index (χ4v) is 4.46. The first-order valence-corrected chi connectivity index (χ1v) is 10.0. The van der Waals surface area contributed by atoms with E-state index in [-0.39, 0.29) is 12.0 Å². The van der Waals surface area contributed by atoms with Crippen molar-refractivity contribution in [3.05, 3.63) is 29.6 Å². The number of pyridine rings is 1. The van der Waals surface area contributed by atoms with Gasteiger partial charge >= 0.3 is 12.0 Å². The zero-order chi connectivity index (χ0) is 18.9. The van der Waals surface area contributed by atoms with Gasteiger partial charge in [-0.1, -0.05) is 12.5 Å². The Bertz CT molecular complexity index is 709. The van der Waals surface area contributed by atoms with Crippen LogP contribution in [0.3, 0.4) is 0 Å². The van der Waals surface area contributed by atoms with Crippen LogP contribution < -0.4 is 0 Å². The second-order valence-electron chi connectivity index (χ2n) is 7.88. The average molecular weight is 372 g/mol. The summed E-state index contributed by atoms with van der Waals surface area (Å²) in [6, 6.07) is 3.83. The highest BCUT2D eigenvalue weighted by Gasteiger charge is 2.48. The highest BCUT2D eigenvalue weighted by Crippen LogP contribution is 2.43. The maximum absolute atomic E-state index is 12.8. The minimum atomic E-state index is -0.607. The van der Waals surface area contributed by atoms with Crippen LogP contribution in [0.1, 0.15) is 48.2 Å². The third kappa shape index (κ3) is 3.52. The molecule has 27 heavy (non-hydrogen) atoms. The van der Waals surface area contributed by atoms with Crippen LogP contribution in [0.25, 0.3) is 0 Å². The molecule has 0 unspecified atom stereocenters.